The smallest absolute Gasteiger partial charge is 0.0960 e. The molecule has 90 valence electrons. The zero-order chi connectivity index (χ0) is 11.6. The fourth-order valence-electron chi connectivity index (χ4n) is 2.71. The maximum atomic E-state index is 10.4. The monoisotopic (exact) mass is 223 g/mol. The van der Waals surface area contributed by atoms with E-state index in [2.05, 4.69) is 6.92 Å². The molecule has 0 aromatic carbocycles. The van der Waals surface area contributed by atoms with Gasteiger partial charge in [0.15, 0.2) is 0 Å². The van der Waals surface area contributed by atoms with Crippen molar-refractivity contribution < 1.29 is 9.52 Å². The van der Waals surface area contributed by atoms with E-state index in [-0.39, 0.29) is 5.41 Å². The van der Waals surface area contributed by atoms with E-state index in [9.17, 15) is 5.11 Å². The molecule has 1 aromatic rings. The van der Waals surface area contributed by atoms with Gasteiger partial charge in [0.25, 0.3) is 0 Å². The molecule has 0 spiro atoms. The summed E-state index contributed by atoms with van der Waals surface area (Å²) in [4.78, 5) is 0. The Morgan fingerprint density at radius 3 is 2.75 bits per heavy atom. The Morgan fingerprint density at radius 2 is 2.25 bits per heavy atom. The minimum absolute atomic E-state index is 0.142. The van der Waals surface area contributed by atoms with Crippen LogP contribution in [0.15, 0.2) is 23.0 Å². The number of hydrogen-bond acceptors (Lipinski definition) is 3. The highest BCUT2D eigenvalue weighted by Gasteiger charge is 2.40. The molecule has 0 aliphatic heterocycles. The SMILES string of the molecule is CC1CCC(CN)(C(O)c2ccoc2)CC1. The maximum Gasteiger partial charge on any atom is 0.0960 e. The molecule has 1 aromatic heterocycles. The molecule has 3 nitrogen and oxygen atoms in total. The summed E-state index contributed by atoms with van der Waals surface area (Å²) in [6.45, 7) is 2.82. The van der Waals surface area contributed by atoms with E-state index in [4.69, 9.17) is 10.2 Å². The van der Waals surface area contributed by atoms with Gasteiger partial charge >= 0.3 is 0 Å². The molecule has 0 saturated heterocycles. The second-order valence-corrected chi connectivity index (χ2v) is 5.21. The van der Waals surface area contributed by atoms with Gasteiger partial charge in [-0.05, 0) is 24.8 Å². The quantitative estimate of drug-likeness (QED) is 0.827. The number of rotatable bonds is 3. The van der Waals surface area contributed by atoms with Gasteiger partial charge in [-0.2, -0.15) is 0 Å². The number of aliphatic hydroxyl groups is 1. The van der Waals surface area contributed by atoms with Gasteiger partial charge in [-0.25, -0.2) is 0 Å². The summed E-state index contributed by atoms with van der Waals surface area (Å²) in [6.07, 6.45) is 7.09. The van der Waals surface area contributed by atoms with Gasteiger partial charge in [0.1, 0.15) is 0 Å². The topological polar surface area (TPSA) is 59.4 Å². The molecule has 0 amide bonds. The van der Waals surface area contributed by atoms with Crippen LogP contribution in [0, 0.1) is 11.3 Å². The van der Waals surface area contributed by atoms with Crippen molar-refractivity contribution in [1.82, 2.24) is 0 Å². The van der Waals surface area contributed by atoms with Crippen LogP contribution in [0.4, 0.5) is 0 Å². The van der Waals surface area contributed by atoms with Crippen LogP contribution in [0.2, 0.25) is 0 Å². The highest BCUT2D eigenvalue weighted by molar-refractivity contribution is 5.14. The lowest BCUT2D eigenvalue weighted by Crippen LogP contribution is -2.39. The van der Waals surface area contributed by atoms with Crippen LogP contribution in [0.1, 0.15) is 44.3 Å². The molecule has 0 bridgehead atoms. The lowest BCUT2D eigenvalue weighted by molar-refractivity contribution is -0.00850. The average Bonchev–Trinajstić information content (AvgIpc) is 2.83. The number of furan rings is 1. The van der Waals surface area contributed by atoms with Crippen LogP contribution in [0.3, 0.4) is 0 Å². The summed E-state index contributed by atoms with van der Waals surface area (Å²) in [6, 6.07) is 1.83. The molecule has 1 atom stereocenters. The summed E-state index contributed by atoms with van der Waals surface area (Å²) < 4.78 is 5.04. The third-order valence-electron chi connectivity index (χ3n) is 4.12. The lowest BCUT2D eigenvalue weighted by Gasteiger charge is -2.41. The van der Waals surface area contributed by atoms with Crippen molar-refractivity contribution >= 4 is 0 Å². The molecule has 0 radical (unpaired) electrons. The zero-order valence-corrected chi connectivity index (χ0v) is 9.86. The largest absolute Gasteiger partial charge is 0.472 e. The van der Waals surface area contributed by atoms with E-state index < -0.39 is 6.10 Å². The molecular weight excluding hydrogens is 202 g/mol. The number of nitrogens with two attached hydrogens (primary N) is 1. The second kappa shape index (κ2) is 4.60. The van der Waals surface area contributed by atoms with E-state index in [0.717, 1.165) is 37.2 Å². The highest BCUT2D eigenvalue weighted by Crippen LogP contribution is 2.46. The average molecular weight is 223 g/mol. The van der Waals surface area contributed by atoms with E-state index >= 15 is 0 Å². The first-order valence-corrected chi connectivity index (χ1v) is 6.08. The van der Waals surface area contributed by atoms with Gasteiger partial charge in [-0.1, -0.05) is 19.8 Å². The van der Waals surface area contributed by atoms with Crippen molar-refractivity contribution in [1.29, 1.82) is 0 Å². The zero-order valence-electron chi connectivity index (χ0n) is 9.86. The Morgan fingerprint density at radius 1 is 1.56 bits per heavy atom. The summed E-state index contributed by atoms with van der Waals surface area (Å²) >= 11 is 0. The minimum Gasteiger partial charge on any atom is -0.472 e. The molecule has 1 unspecified atom stereocenters. The van der Waals surface area contributed by atoms with Crippen LogP contribution in [-0.2, 0) is 0 Å². The Balaban J connectivity index is 2.15. The van der Waals surface area contributed by atoms with Crippen molar-refractivity contribution in [2.24, 2.45) is 17.1 Å². The maximum absolute atomic E-state index is 10.4. The molecule has 16 heavy (non-hydrogen) atoms. The normalized spacial score (nSPS) is 32.6. The van der Waals surface area contributed by atoms with Gasteiger partial charge in [0.05, 0.1) is 18.6 Å². The van der Waals surface area contributed by atoms with E-state index in [1.807, 2.05) is 6.07 Å². The van der Waals surface area contributed by atoms with Crippen molar-refractivity contribution in [2.45, 2.75) is 38.7 Å². The first kappa shape index (κ1) is 11.7. The molecule has 1 aliphatic rings. The molecule has 1 saturated carbocycles. The van der Waals surface area contributed by atoms with Crippen LogP contribution >= 0.6 is 0 Å². The number of hydrogen-bond donors (Lipinski definition) is 2. The Hall–Kier alpha value is -0.800. The van der Waals surface area contributed by atoms with Gasteiger partial charge in [0.2, 0.25) is 0 Å². The van der Waals surface area contributed by atoms with Gasteiger partial charge in [-0.15, -0.1) is 0 Å². The van der Waals surface area contributed by atoms with Crippen molar-refractivity contribution in [3.8, 4) is 0 Å². The molecule has 3 N–H and O–H groups in total. The summed E-state index contributed by atoms with van der Waals surface area (Å²) in [5, 5.41) is 10.4. The highest BCUT2D eigenvalue weighted by atomic mass is 16.3. The van der Waals surface area contributed by atoms with Crippen molar-refractivity contribution in [3.63, 3.8) is 0 Å². The standard InChI is InChI=1S/C13H21NO2/c1-10-2-5-13(9-14,6-3-10)12(15)11-4-7-16-8-11/h4,7-8,10,12,15H,2-3,5-6,9,14H2,1H3. The molecule has 1 heterocycles. The molecule has 3 heteroatoms. The fraction of sp³-hybridized carbons (Fsp3) is 0.692. The minimum atomic E-state index is -0.483. The molecular formula is C13H21NO2. The lowest BCUT2D eigenvalue weighted by atomic mass is 9.66. The first-order valence-electron chi connectivity index (χ1n) is 6.08. The van der Waals surface area contributed by atoms with Crippen LogP contribution in [0.25, 0.3) is 0 Å². The van der Waals surface area contributed by atoms with Crippen molar-refractivity contribution in [3.05, 3.63) is 24.2 Å². The van der Waals surface area contributed by atoms with Crippen LogP contribution in [-0.4, -0.2) is 11.7 Å². The van der Waals surface area contributed by atoms with Crippen molar-refractivity contribution in [2.75, 3.05) is 6.54 Å². The third-order valence-corrected chi connectivity index (χ3v) is 4.12. The third kappa shape index (κ3) is 2.02. The van der Waals surface area contributed by atoms with E-state index in [1.54, 1.807) is 12.5 Å². The fourth-order valence-corrected chi connectivity index (χ4v) is 2.71. The Labute approximate surface area is 96.6 Å². The summed E-state index contributed by atoms with van der Waals surface area (Å²) in [7, 11) is 0. The van der Waals surface area contributed by atoms with Crippen LogP contribution < -0.4 is 5.73 Å². The molecule has 2 rings (SSSR count). The van der Waals surface area contributed by atoms with Gasteiger partial charge < -0.3 is 15.3 Å². The van der Waals surface area contributed by atoms with Crippen LogP contribution in [0.5, 0.6) is 0 Å². The second-order valence-electron chi connectivity index (χ2n) is 5.21. The van der Waals surface area contributed by atoms with E-state index in [1.165, 1.54) is 0 Å². The van der Waals surface area contributed by atoms with E-state index in [0.29, 0.717) is 6.54 Å². The van der Waals surface area contributed by atoms with Gasteiger partial charge in [-0.3, -0.25) is 0 Å². The Bertz CT molecular complexity index is 313. The molecule has 1 fully saturated rings. The summed E-state index contributed by atoms with van der Waals surface area (Å²) in [5.74, 6) is 0.760. The Kier molecular flexibility index (Phi) is 3.36. The molecule has 1 aliphatic carbocycles. The summed E-state index contributed by atoms with van der Waals surface area (Å²) in [5.41, 5.74) is 6.62. The van der Waals surface area contributed by atoms with Gasteiger partial charge in [0, 0.05) is 17.5 Å². The predicted octanol–water partition coefficient (Wildman–Crippen LogP) is 2.47. The first-order chi connectivity index (χ1) is 7.68. The predicted molar refractivity (Wildman–Crippen MR) is 62.8 cm³/mol. The number of aliphatic hydroxyl groups excluding tert-OH is 1.